The number of methoxy groups -OCH3 is 1. The third-order valence-corrected chi connectivity index (χ3v) is 12.3. The molecule has 2 aromatic carbocycles. The number of benzene rings is 2. The summed E-state index contributed by atoms with van der Waals surface area (Å²) >= 11 is 1.98. The van der Waals surface area contributed by atoms with Crippen LogP contribution in [0.15, 0.2) is 54.1 Å². The normalized spacial score (nSPS) is 18.8. The van der Waals surface area contributed by atoms with Gasteiger partial charge in [0.05, 0.1) is 7.11 Å². The van der Waals surface area contributed by atoms with Crippen LogP contribution in [-0.4, -0.2) is 20.9 Å². The number of rotatable bonds is 4. The van der Waals surface area contributed by atoms with Crippen LogP contribution in [0, 0.1) is 0 Å². The van der Waals surface area contributed by atoms with E-state index in [1.807, 2.05) is 11.3 Å². The van der Waals surface area contributed by atoms with Gasteiger partial charge in [-0.2, -0.15) is 0 Å². The highest BCUT2D eigenvalue weighted by molar-refractivity contribution is 7.20. The molecule has 0 aliphatic heterocycles. The van der Waals surface area contributed by atoms with Crippen molar-refractivity contribution in [2.24, 2.45) is 0 Å². The van der Waals surface area contributed by atoms with Crippen LogP contribution in [0.1, 0.15) is 50.6 Å². The summed E-state index contributed by atoms with van der Waals surface area (Å²) in [5.41, 5.74) is 4.83. The van der Waals surface area contributed by atoms with Gasteiger partial charge in [0.25, 0.3) is 0 Å². The Labute approximate surface area is 179 Å². The van der Waals surface area contributed by atoms with Crippen LogP contribution in [0.5, 0.6) is 5.75 Å². The summed E-state index contributed by atoms with van der Waals surface area (Å²) in [6, 6.07) is 17.5. The Morgan fingerprint density at radius 2 is 1.66 bits per heavy atom. The predicted molar refractivity (Wildman–Crippen MR) is 130 cm³/mol. The number of thiophene rings is 1. The molecule has 4 rings (SSSR count). The van der Waals surface area contributed by atoms with Crippen molar-refractivity contribution in [2.45, 2.75) is 52.2 Å². The summed E-state index contributed by atoms with van der Waals surface area (Å²) in [7, 11) is -0.445. The summed E-state index contributed by atoms with van der Waals surface area (Å²) in [6.45, 7) is 14.0. The summed E-state index contributed by atoms with van der Waals surface area (Å²) in [5.74, 6) is 0.999. The molecule has 0 bridgehead atoms. The van der Waals surface area contributed by atoms with E-state index in [0.29, 0.717) is 5.54 Å². The molecule has 1 N–H and O–H groups in total. The van der Waals surface area contributed by atoms with E-state index in [0.717, 1.165) is 5.75 Å². The van der Waals surface area contributed by atoms with Crippen LogP contribution in [-0.2, 0) is 0 Å². The maximum absolute atomic E-state index is 5.86. The third kappa shape index (κ3) is 3.27. The first-order chi connectivity index (χ1) is 13.7. The Morgan fingerprint density at radius 1 is 1.00 bits per heavy atom. The Hall–Kier alpha value is -1.88. The second kappa shape index (κ2) is 7.12. The van der Waals surface area contributed by atoms with Crippen molar-refractivity contribution in [3.05, 3.63) is 64.5 Å². The SMILES string of the molecule is COc1ccccc1[Si](C)(NC(C)(C)C)C1C(C)=C(C)c2c1sc1ccccc21. The van der Waals surface area contributed by atoms with Gasteiger partial charge in [0, 0.05) is 26.0 Å². The van der Waals surface area contributed by atoms with Gasteiger partial charge in [-0.05, 0) is 63.1 Å². The van der Waals surface area contributed by atoms with Crippen molar-refractivity contribution in [1.29, 1.82) is 0 Å². The molecule has 1 heterocycles. The molecule has 0 spiro atoms. The summed E-state index contributed by atoms with van der Waals surface area (Å²) in [4.78, 5) is 5.66. The quantitative estimate of drug-likeness (QED) is 0.506. The molecule has 1 aliphatic rings. The number of hydrogen-bond acceptors (Lipinski definition) is 3. The molecule has 152 valence electrons. The van der Waals surface area contributed by atoms with Gasteiger partial charge in [0.1, 0.15) is 5.75 Å². The molecule has 0 saturated carbocycles. The molecule has 4 heteroatoms. The number of para-hydroxylation sites is 1. The standard InChI is InChI=1S/C25H31NOSSi/c1-16-17(2)24(23-22(16)18-12-8-10-14-20(18)28-23)29(7,26-25(3,4)5)21-15-11-9-13-19(21)27-6/h8-15,24,26H,1-7H3. The van der Waals surface area contributed by atoms with E-state index in [1.54, 1.807) is 7.11 Å². The minimum absolute atomic E-state index is 0.00937. The highest BCUT2D eigenvalue weighted by Gasteiger charge is 2.49. The fourth-order valence-electron chi connectivity index (χ4n) is 5.11. The van der Waals surface area contributed by atoms with Crippen molar-refractivity contribution in [3.63, 3.8) is 0 Å². The van der Waals surface area contributed by atoms with Crippen molar-refractivity contribution in [2.75, 3.05) is 7.11 Å². The number of hydrogen-bond donors (Lipinski definition) is 1. The van der Waals surface area contributed by atoms with Crippen molar-refractivity contribution >= 4 is 40.4 Å². The van der Waals surface area contributed by atoms with Crippen molar-refractivity contribution < 1.29 is 4.74 Å². The van der Waals surface area contributed by atoms with Crippen LogP contribution in [0.3, 0.4) is 0 Å². The molecule has 2 unspecified atom stereocenters. The molecule has 0 saturated heterocycles. The van der Waals surface area contributed by atoms with Crippen LogP contribution in [0.4, 0.5) is 0 Å². The molecule has 29 heavy (non-hydrogen) atoms. The zero-order chi connectivity index (χ0) is 21.0. The average Bonchev–Trinajstić information content (AvgIpc) is 3.15. The second-order valence-corrected chi connectivity index (χ2v) is 14.2. The topological polar surface area (TPSA) is 21.3 Å². The molecular formula is C25H31NOSSi. The fourth-order valence-corrected chi connectivity index (χ4v) is 12.4. The number of nitrogens with one attached hydrogen (secondary N) is 1. The molecular weight excluding hydrogens is 390 g/mol. The smallest absolute Gasteiger partial charge is 0.172 e. The molecule has 0 amide bonds. The van der Waals surface area contributed by atoms with Gasteiger partial charge in [0.2, 0.25) is 0 Å². The van der Waals surface area contributed by atoms with E-state index < -0.39 is 8.24 Å². The van der Waals surface area contributed by atoms with Gasteiger partial charge in [-0.3, -0.25) is 0 Å². The average molecular weight is 422 g/mol. The third-order valence-electron chi connectivity index (χ3n) is 6.16. The van der Waals surface area contributed by atoms with Crippen LogP contribution in [0.25, 0.3) is 15.7 Å². The van der Waals surface area contributed by atoms with E-state index in [2.05, 4.69) is 94.7 Å². The Kier molecular flexibility index (Phi) is 5.00. The largest absolute Gasteiger partial charge is 0.497 e. The highest BCUT2D eigenvalue weighted by atomic mass is 32.1. The lowest BCUT2D eigenvalue weighted by molar-refractivity contribution is 0.417. The molecule has 1 aliphatic carbocycles. The lowest BCUT2D eigenvalue weighted by Gasteiger charge is -2.42. The molecule has 3 aromatic rings. The monoisotopic (exact) mass is 421 g/mol. The number of ether oxygens (including phenoxy) is 1. The lowest BCUT2D eigenvalue weighted by atomic mass is 10.1. The molecule has 0 radical (unpaired) electrons. The van der Waals surface area contributed by atoms with Gasteiger partial charge >= 0.3 is 0 Å². The first-order valence-electron chi connectivity index (χ1n) is 10.3. The van der Waals surface area contributed by atoms with Gasteiger partial charge in [-0.1, -0.05) is 48.5 Å². The van der Waals surface area contributed by atoms with Crippen molar-refractivity contribution in [1.82, 2.24) is 4.98 Å². The van der Waals surface area contributed by atoms with Crippen LogP contribution < -0.4 is 14.9 Å². The number of fused-ring (bicyclic) bond motifs is 3. The molecule has 2 atom stereocenters. The highest BCUT2D eigenvalue weighted by Crippen LogP contribution is 2.52. The van der Waals surface area contributed by atoms with E-state index in [-0.39, 0.29) is 5.54 Å². The maximum Gasteiger partial charge on any atom is 0.172 e. The number of allylic oxidation sites excluding steroid dienone is 2. The molecule has 2 nitrogen and oxygen atoms in total. The summed E-state index contributed by atoms with van der Waals surface area (Å²) < 4.78 is 7.25. The Balaban J connectivity index is 2.00. The van der Waals surface area contributed by atoms with Gasteiger partial charge in [0.15, 0.2) is 8.24 Å². The van der Waals surface area contributed by atoms with Gasteiger partial charge < -0.3 is 9.72 Å². The predicted octanol–water partition coefficient (Wildman–Crippen LogP) is 6.21. The summed E-state index contributed by atoms with van der Waals surface area (Å²) in [5, 5.41) is 2.75. The van der Waals surface area contributed by atoms with E-state index in [4.69, 9.17) is 4.74 Å². The first-order valence-corrected chi connectivity index (χ1v) is 13.7. The zero-order valence-corrected chi connectivity index (χ0v) is 20.3. The second-order valence-electron chi connectivity index (χ2n) is 9.36. The zero-order valence-electron chi connectivity index (χ0n) is 18.5. The van der Waals surface area contributed by atoms with Gasteiger partial charge in [-0.15, -0.1) is 11.3 Å². The van der Waals surface area contributed by atoms with Crippen LogP contribution in [0.2, 0.25) is 6.55 Å². The van der Waals surface area contributed by atoms with Crippen LogP contribution >= 0.6 is 11.3 Å². The molecule has 0 fully saturated rings. The fraction of sp³-hybridized carbons (Fsp3) is 0.360. The molecule has 1 aromatic heterocycles. The van der Waals surface area contributed by atoms with Gasteiger partial charge in [-0.25, -0.2) is 0 Å². The van der Waals surface area contributed by atoms with Crippen molar-refractivity contribution in [3.8, 4) is 5.75 Å². The van der Waals surface area contributed by atoms with E-state index in [1.165, 1.54) is 36.9 Å². The summed E-state index contributed by atoms with van der Waals surface area (Å²) in [6.07, 6.45) is 0. The minimum atomic E-state index is -2.23. The minimum Gasteiger partial charge on any atom is -0.497 e. The van der Waals surface area contributed by atoms with E-state index >= 15 is 0 Å². The Bertz CT molecular complexity index is 1110. The first kappa shape index (κ1) is 20.4. The Morgan fingerprint density at radius 3 is 2.34 bits per heavy atom. The van der Waals surface area contributed by atoms with E-state index in [9.17, 15) is 0 Å². The maximum atomic E-state index is 5.86. The lowest BCUT2D eigenvalue weighted by Crippen LogP contribution is -2.67.